The molecule has 1 atom stereocenters. The molecule has 2 aromatic rings. The molecule has 0 aromatic heterocycles. The third kappa shape index (κ3) is 2.33. The van der Waals surface area contributed by atoms with Crippen LogP contribution in [-0.2, 0) is 0 Å². The highest BCUT2D eigenvalue weighted by molar-refractivity contribution is 5.52. The fourth-order valence-corrected chi connectivity index (χ4v) is 2.59. The SMILES string of the molecule is CC1(C)Oc2ccccc2C1Nc1cc(F)c(F)c(F)c1. The lowest BCUT2D eigenvalue weighted by atomic mass is 9.94. The molecule has 110 valence electrons. The van der Waals surface area contributed by atoms with E-state index in [4.69, 9.17) is 4.74 Å². The average molecular weight is 293 g/mol. The molecule has 0 saturated carbocycles. The van der Waals surface area contributed by atoms with Crippen LogP contribution in [0.1, 0.15) is 25.5 Å². The monoisotopic (exact) mass is 293 g/mol. The first kappa shape index (κ1) is 13.8. The van der Waals surface area contributed by atoms with Gasteiger partial charge >= 0.3 is 0 Å². The number of rotatable bonds is 2. The van der Waals surface area contributed by atoms with E-state index in [1.807, 2.05) is 38.1 Å². The van der Waals surface area contributed by atoms with Gasteiger partial charge in [-0.15, -0.1) is 0 Å². The predicted molar refractivity (Wildman–Crippen MR) is 73.8 cm³/mol. The Morgan fingerprint density at radius 2 is 1.67 bits per heavy atom. The van der Waals surface area contributed by atoms with Crippen molar-refractivity contribution in [2.45, 2.75) is 25.5 Å². The van der Waals surface area contributed by atoms with Crippen molar-refractivity contribution in [1.82, 2.24) is 0 Å². The lowest BCUT2D eigenvalue weighted by molar-refractivity contribution is 0.118. The molecular formula is C16H14F3NO. The number of halogens is 3. The van der Waals surface area contributed by atoms with E-state index in [0.717, 1.165) is 23.4 Å². The maximum atomic E-state index is 13.3. The second-order valence-electron chi connectivity index (χ2n) is 5.57. The molecule has 2 aromatic carbocycles. The largest absolute Gasteiger partial charge is 0.485 e. The Kier molecular flexibility index (Phi) is 3.08. The number of hydrogen-bond donors (Lipinski definition) is 1. The first-order valence-electron chi connectivity index (χ1n) is 6.57. The molecule has 0 bridgehead atoms. The van der Waals surface area contributed by atoms with Gasteiger partial charge in [-0.05, 0) is 19.9 Å². The summed E-state index contributed by atoms with van der Waals surface area (Å²) in [4.78, 5) is 0. The molecule has 1 heterocycles. The summed E-state index contributed by atoms with van der Waals surface area (Å²) in [5.74, 6) is -3.18. The molecule has 0 spiro atoms. The summed E-state index contributed by atoms with van der Waals surface area (Å²) < 4.78 is 45.5. The summed E-state index contributed by atoms with van der Waals surface area (Å²) in [7, 11) is 0. The molecule has 1 aliphatic heterocycles. The van der Waals surface area contributed by atoms with Crippen LogP contribution in [-0.4, -0.2) is 5.60 Å². The molecule has 5 heteroatoms. The van der Waals surface area contributed by atoms with E-state index in [1.165, 1.54) is 0 Å². The Morgan fingerprint density at radius 3 is 2.33 bits per heavy atom. The lowest BCUT2D eigenvalue weighted by Gasteiger charge is -2.28. The number of fused-ring (bicyclic) bond motifs is 1. The molecule has 3 rings (SSSR count). The number of ether oxygens (including phenoxy) is 1. The summed E-state index contributed by atoms with van der Waals surface area (Å²) in [6.07, 6.45) is 0. The van der Waals surface area contributed by atoms with Crippen molar-refractivity contribution >= 4 is 5.69 Å². The molecule has 1 aliphatic rings. The van der Waals surface area contributed by atoms with Gasteiger partial charge in [0.2, 0.25) is 0 Å². The Bertz CT molecular complexity index is 677. The number of para-hydroxylation sites is 1. The van der Waals surface area contributed by atoms with Gasteiger partial charge in [0.25, 0.3) is 0 Å². The third-order valence-corrected chi connectivity index (χ3v) is 3.59. The number of hydrogen-bond acceptors (Lipinski definition) is 2. The quantitative estimate of drug-likeness (QED) is 0.827. The zero-order valence-corrected chi connectivity index (χ0v) is 11.6. The van der Waals surface area contributed by atoms with Crippen LogP contribution < -0.4 is 10.1 Å². The van der Waals surface area contributed by atoms with Gasteiger partial charge in [-0.1, -0.05) is 18.2 Å². The molecule has 0 radical (unpaired) electrons. The molecular weight excluding hydrogens is 279 g/mol. The number of benzene rings is 2. The van der Waals surface area contributed by atoms with Gasteiger partial charge in [-0.25, -0.2) is 13.2 Å². The van der Waals surface area contributed by atoms with Crippen LogP contribution in [0.15, 0.2) is 36.4 Å². The highest BCUT2D eigenvalue weighted by Crippen LogP contribution is 2.44. The van der Waals surface area contributed by atoms with Crippen LogP contribution in [0.25, 0.3) is 0 Å². The minimum atomic E-state index is -1.47. The van der Waals surface area contributed by atoms with Crippen molar-refractivity contribution in [3.05, 3.63) is 59.4 Å². The van der Waals surface area contributed by atoms with Crippen molar-refractivity contribution < 1.29 is 17.9 Å². The van der Waals surface area contributed by atoms with Gasteiger partial charge < -0.3 is 10.1 Å². The van der Waals surface area contributed by atoms with Crippen molar-refractivity contribution in [2.75, 3.05) is 5.32 Å². The molecule has 0 saturated heterocycles. The van der Waals surface area contributed by atoms with Gasteiger partial charge in [-0.3, -0.25) is 0 Å². The van der Waals surface area contributed by atoms with Crippen LogP contribution in [0.3, 0.4) is 0 Å². The normalized spacial score (nSPS) is 19.0. The smallest absolute Gasteiger partial charge is 0.194 e. The minimum Gasteiger partial charge on any atom is -0.485 e. The van der Waals surface area contributed by atoms with Crippen molar-refractivity contribution in [1.29, 1.82) is 0 Å². The Labute approximate surface area is 120 Å². The average Bonchev–Trinajstić information content (AvgIpc) is 2.67. The predicted octanol–water partition coefficient (Wildman–Crippen LogP) is 4.43. The summed E-state index contributed by atoms with van der Waals surface area (Å²) in [6, 6.07) is 9.03. The summed E-state index contributed by atoms with van der Waals surface area (Å²) in [5, 5.41) is 3.02. The molecule has 0 fully saturated rings. The van der Waals surface area contributed by atoms with Crippen molar-refractivity contribution in [3.8, 4) is 5.75 Å². The minimum absolute atomic E-state index is 0.171. The second-order valence-corrected chi connectivity index (χ2v) is 5.57. The van der Waals surface area contributed by atoms with Gasteiger partial charge in [0, 0.05) is 23.4 Å². The summed E-state index contributed by atoms with van der Waals surface area (Å²) in [5.41, 5.74) is 0.475. The molecule has 21 heavy (non-hydrogen) atoms. The Morgan fingerprint density at radius 1 is 1.05 bits per heavy atom. The molecule has 1 unspecified atom stereocenters. The topological polar surface area (TPSA) is 21.3 Å². The number of nitrogens with one attached hydrogen (secondary N) is 1. The van der Waals surface area contributed by atoms with Crippen LogP contribution >= 0.6 is 0 Å². The zero-order chi connectivity index (χ0) is 15.2. The summed E-state index contributed by atoms with van der Waals surface area (Å²) in [6.45, 7) is 3.75. The van der Waals surface area contributed by atoms with Gasteiger partial charge in [0.05, 0.1) is 6.04 Å². The molecule has 1 N–H and O–H groups in total. The van der Waals surface area contributed by atoms with Crippen LogP contribution in [0.2, 0.25) is 0 Å². The number of anilines is 1. The fraction of sp³-hybridized carbons (Fsp3) is 0.250. The summed E-state index contributed by atoms with van der Waals surface area (Å²) >= 11 is 0. The van der Waals surface area contributed by atoms with E-state index < -0.39 is 23.1 Å². The van der Waals surface area contributed by atoms with E-state index in [2.05, 4.69) is 5.32 Å². The van der Waals surface area contributed by atoms with Crippen LogP contribution in [0, 0.1) is 17.5 Å². The highest BCUT2D eigenvalue weighted by Gasteiger charge is 2.41. The van der Waals surface area contributed by atoms with Crippen LogP contribution in [0.5, 0.6) is 5.75 Å². The molecule has 0 aliphatic carbocycles. The molecule has 2 nitrogen and oxygen atoms in total. The standard InChI is InChI=1S/C16H14F3NO/c1-16(2)15(10-5-3-4-6-13(10)21-16)20-9-7-11(17)14(19)12(18)8-9/h3-8,15,20H,1-2H3. The highest BCUT2D eigenvalue weighted by atomic mass is 19.2. The van der Waals surface area contributed by atoms with E-state index in [9.17, 15) is 13.2 Å². The van der Waals surface area contributed by atoms with Crippen LogP contribution in [0.4, 0.5) is 18.9 Å². The van der Waals surface area contributed by atoms with E-state index >= 15 is 0 Å². The van der Waals surface area contributed by atoms with Gasteiger partial charge in [-0.2, -0.15) is 0 Å². The van der Waals surface area contributed by atoms with E-state index in [0.29, 0.717) is 0 Å². The van der Waals surface area contributed by atoms with Gasteiger partial charge in [0.15, 0.2) is 17.5 Å². The Balaban J connectivity index is 1.97. The fourth-order valence-electron chi connectivity index (χ4n) is 2.59. The maximum Gasteiger partial charge on any atom is 0.194 e. The second kappa shape index (κ2) is 4.69. The van der Waals surface area contributed by atoms with E-state index in [-0.39, 0.29) is 11.7 Å². The van der Waals surface area contributed by atoms with Crippen molar-refractivity contribution in [3.63, 3.8) is 0 Å². The molecule has 0 amide bonds. The Hall–Kier alpha value is -2.17. The lowest BCUT2D eigenvalue weighted by Crippen LogP contribution is -2.34. The zero-order valence-electron chi connectivity index (χ0n) is 11.6. The van der Waals surface area contributed by atoms with Crippen molar-refractivity contribution in [2.24, 2.45) is 0 Å². The first-order chi connectivity index (χ1) is 9.88. The van der Waals surface area contributed by atoms with Gasteiger partial charge in [0.1, 0.15) is 11.4 Å². The maximum absolute atomic E-state index is 13.3. The first-order valence-corrected chi connectivity index (χ1v) is 6.57. The third-order valence-electron chi connectivity index (χ3n) is 3.59. The van der Waals surface area contributed by atoms with E-state index in [1.54, 1.807) is 0 Å².